The molecular formula is C15H15N5O2. The molecule has 0 aliphatic rings. The highest BCUT2D eigenvalue weighted by Crippen LogP contribution is 2.29. The molecule has 1 N–H and O–H groups in total. The fraction of sp³-hybridized carbons (Fsp3) is 0.200. The van der Waals surface area contributed by atoms with Crippen LogP contribution in [-0.2, 0) is 11.5 Å². The van der Waals surface area contributed by atoms with Gasteiger partial charge in [-0.15, -0.1) is 5.10 Å². The van der Waals surface area contributed by atoms with E-state index in [0.717, 1.165) is 22.5 Å². The highest BCUT2D eigenvalue weighted by Gasteiger charge is 2.16. The second-order valence-corrected chi connectivity index (χ2v) is 4.52. The Kier molecular flexibility index (Phi) is 4.47. The molecule has 3 rings (SSSR count). The predicted octanol–water partition coefficient (Wildman–Crippen LogP) is 1.37. The van der Waals surface area contributed by atoms with Gasteiger partial charge in [0.1, 0.15) is 12.4 Å². The molecule has 0 saturated heterocycles. The first-order valence-corrected chi connectivity index (χ1v) is 6.83. The van der Waals surface area contributed by atoms with E-state index in [1.807, 2.05) is 24.3 Å². The summed E-state index contributed by atoms with van der Waals surface area (Å²) in [5.41, 5.74) is 3.46. The van der Waals surface area contributed by atoms with Crippen LogP contribution in [0.1, 0.15) is 0 Å². The molecule has 7 nitrogen and oxygen atoms in total. The first-order valence-electron chi connectivity index (χ1n) is 6.83. The molecule has 22 heavy (non-hydrogen) atoms. The molecule has 0 saturated carbocycles. The second-order valence-electron chi connectivity index (χ2n) is 4.52. The molecule has 112 valence electrons. The van der Waals surface area contributed by atoms with Gasteiger partial charge in [0.25, 0.3) is 0 Å². The standard InChI is InChI=1S/C15H15N5O2/c21-9-10-22-11-20-15(13-3-7-17-8-4-13)14(18-19-20)12-1-5-16-6-2-12/h1-8,21H,9-11H2. The van der Waals surface area contributed by atoms with Gasteiger partial charge in [0.2, 0.25) is 0 Å². The Morgan fingerprint density at radius 1 is 0.955 bits per heavy atom. The van der Waals surface area contributed by atoms with Crippen LogP contribution in [-0.4, -0.2) is 43.3 Å². The van der Waals surface area contributed by atoms with Gasteiger partial charge < -0.3 is 9.84 Å². The third-order valence-electron chi connectivity index (χ3n) is 3.09. The normalized spacial score (nSPS) is 10.8. The van der Waals surface area contributed by atoms with Crippen LogP contribution in [0.2, 0.25) is 0 Å². The highest BCUT2D eigenvalue weighted by molar-refractivity contribution is 5.77. The van der Waals surface area contributed by atoms with Crippen molar-refractivity contribution in [3.05, 3.63) is 49.1 Å². The molecule has 0 fully saturated rings. The lowest BCUT2D eigenvalue weighted by molar-refractivity contribution is 0.0419. The SMILES string of the molecule is OCCOCn1nnc(-c2ccncc2)c1-c1ccncc1. The summed E-state index contributed by atoms with van der Waals surface area (Å²) in [5, 5.41) is 17.3. The van der Waals surface area contributed by atoms with Crippen LogP contribution in [0.3, 0.4) is 0 Å². The third kappa shape index (κ3) is 3.00. The van der Waals surface area contributed by atoms with Crippen molar-refractivity contribution in [2.24, 2.45) is 0 Å². The molecule has 0 unspecified atom stereocenters. The van der Waals surface area contributed by atoms with E-state index in [1.54, 1.807) is 29.5 Å². The molecule has 0 atom stereocenters. The van der Waals surface area contributed by atoms with Crippen LogP contribution in [0.5, 0.6) is 0 Å². The third-order valence-corrected chi connectivity index (χ3v) is 3.09. The van der Waals surface area contributed by atoms with E-state index >= 15 is 0 Å². The van der Waals surface area contributed by atoms with E-state index in [1.165, 1.54) is 0 Å². The number of aliphatic hydroxyl groups is 1. The molecule has 3 aromatic heterocycles. The van der Waals surface area contributed by atoms with Gasteiger partial charge in [0, 0.05) is 35.9 Å². The van der Waals surface area contributed by atoms with Gasteiger partial charge in [0.15, 0.2) is 0 Å². The maximum absolute atomic E-state index is 8.83. The molecule has 0 aliphatic carbocycles. The minimum Gasteiger partial charge on any atom is -0.394 e. The summed E-state index contributed by atoms with van der Waals surface area (Å²) in [7, 11) is 0. The maximum Gasteiger partial charge on any atom is 0.141 e. The van der Waals surface area contributed by atoms with Crippen LogP contribution in [0.15, 0.2) is 49.1 Å². The minimum atomic E-state index is -0.0313. The number of nitrogens with zero attached hydrogens (tertiary/aromatic N) is 5. The summed E-state index contributed by atoms with van der Waals surface area (Å²) < 4.78 is 7.03. The van der Waals surface area contributed by atoms with Gasteiger partial charge in [-0.25, -0.2) is 4.68 Å². The van der Waals surface area contributed by atoms with Gasteiger partial charge in [-0.1, -0.05) is 5.21 Å². The van der Waals surface area contributed by atoms with Crippen molar-refractivity contribution in [3.8, 4) is 22.5 Å². The fourth-order valence-electron chi connectivity index (χ4n) is 2.12. The zero-order valence-corrected chi connectivity index (χ0v) is 11.8. The van der Waals surface area contributed by atoms with Gasteiger partial charge in [-0.2, -0.15) is 0 Å². The van der Waals surface area contributed by atoms with Crippen molar-refractivity contribution < 1.29 is 9.84 Å². The lowest BCUT2D eigenvalue weighted by Gasteiger charge is -2.08. The summed E-state index contributed by atoms with van der Waals surface area (Å²) in [4.78, 5) is 8.06. The Morgan fingerprint density at radius 2 is 1.59 bits per heavy atom. The number of aliphatic hydroxyl groups excluding tert-OH is 1. The van der Waals surface area contributed by atoms with Crippen molar-refractivity contribution in [1.29, 1.82) is 0 Å². The molecule has 3 heterocycles. The number of pyridine rings is 2. The molecule has 3 aromatic rings. The summed E-state index contributed by atoms with van der Waals surface area (Å²) in [6.45, 7) is 0.438. The molecule has 0 bridgehead atoms. The lowest BCUT2D eigenvalue weighted by atomic mass is 10.1. The smallest absolute Gasteiger partial charge is 0.141 e. The van der Waals surface area contributed by atoms with Gasteiger partial charge in [-0.3, -0.25) is 9.97 Å². The Bertz CT molecular complexity index is 715. The summed E-state index contributed by atoms with van der Waals surface area (Å²) in [6.07, 6.45) is 6.87. The van der Waals surface area contributed by atoms with E-state index in [-0.39, 0.29) is 19.9 Å². The van der Waals surface area contributed by atoms with E-state index in [9.17, 15) is 0 Å². The number of ether oxygens (including phenoxy) is 1. The van der Waals surface area contributed by atoms with Crippen molar-refractivity contribution in [3.63, 3.8) is 0 Å². The lowest BCUT2D eigenvalue weighted by Crippen LogP contribution is -2.09. The first kappa shape index (κ1) is 14.3. The van der Waals surface area contributed by atoms with Gasteiger partial charge in [-0.05, 0) is 24.3 Å². The van der Waals surface area contributed by atoms with Crippen LogP contribution >= 0.6 is 0 Å². The summed E-state index contributed by atoms with van der Waals surface area (Å²) in [6, 6.07) is 7.55. The summed E-state index contributed by atoms with van der Waals surface area (Å²) in [5.74, 6) is 0. The van der Waals surface area contributed by atoms with Gasteiger partial charge in [0.05, 0.1) is 18.9 Å². The molecule has 7 heteroatoms. The van der Waals surface area contributed by atoms with Gasteiger partial charge >= 0.3 is 0 Å². The molecular weight excluding hydrogens is 282 g/mol. The number of rotatable bonds is 6. The highest BCUT2D eigenvalue weighted by atomic mass is 16.5. The van der Waals surface area contributed by atoms with E-state index in [0.29, 0.717) is 0 Å². The molecule has 0 radical (unpaired) electrons. The average Bonchev–Trinajstić information content (AvgIpc) is 3.01. The van der Waals surface area contributed by atoms with Crippen molar-refractivity contribution in [2.45, 2.75) is 6.73 Å². The second kappa shape index (κ2) is 6.88. The number of hydrogen-bond donors (Lipinski definition) is 1. The Hall–Kier alpha value is -2.64. The largest absolute Gasteiger partial charge is 0.394 e. The zero-order valence-electron chi connectivity index (χ0n) is 11.8. The van der Waals surface area contributed by atoms with E-state index in [4.69, 9.17) is 9.84 Å². The average molecular weight is 297 g/mol. The quantitative estimate of drug-likeness (QED) is 0.692. The number of hydrogen-bond acceptors (Lipinski definition) is 6. The Labute approximate surface area is 127 Å². The monoisotopic (exact) mass is 297 g/mol. The molecule has 0 spiro atoms. The zero-order chi connectivity index (χ0) is 15.2. The fourth-order valence-corrected chi connectivity index (χ4v) is 2.12. The van der Waals surface area contributed by atoms with E-state index in [2.05, 4.69) is 20.3 Å². The van der Waals surface area contributed by atoms with Crippen LogP contribution < -0.4 is 0 Å². The van der Waals surface area contributed by atoms with Crippen LogP contribution in [0.25, 0.3) is 22.5 Å². The Morgan fingerprint density at radius 3 is 2.23 bits per heavy atom. The molecule has 0 aliphatic heterocycles. The first-order chi connectivity index (χ1) is 10.9. The van der Waals surface area contributed by atoms with E-state index < -0.39 is 0 Å². The minimum absolute atomic E-state index is 0.0313. The molecule has 0 amide bonds. The van der Waals surface area contributed by atoms with Crippen LogP contribution in [0.4, 0.5) is 0 Å². The maximum atomic E-state index is 8.83. The topological polar surface area (TPSA) is 86.0 Å². The predicted molar refractivity (Wildman–Crippen MR) is 79.5 cm³/mol. The molecule has 0 aromatic carbocycles. The van der Waals surface area contributed by atoms with Crippen molar-refractivity contribution in [1.82, 2.24) is 25.0 Å². The van der Waals surface area contributed by atoms with Crippen molar-refractivity contribution in [2.75, 3.05) is 13.2 Å². The number of aromatic nitrogens is 5. The van der Waals surface area contributed by atoms with Crippen molar-refractivity contribution >= 4 is 0 Å². The van der Waals surface area contributed by atoms with Crippen LogP contribution in [0, 0.1) is 0 Å². The Balaban J connectivity index is 2.04. The summed E-state index contributed by atoms with van der Waals surface area (Å²) >= 11 is 0.